The fourth-order valence-corrected chi connectivity index (χ4v) is 4.60. The number of rotatable bonds is 22. The summed E-state index contributed by atoms with van der Waals surface area (Å²) in [6, 6.07) is 5.48. The van der Waals surface area contributed by atoms with Crippen LogP contribution in [0.4, 0.5) is 0 Å². The number of nitrogens with one attached hydrogen (secondary N) is 1. The number of aryl methyl sites for hydroxylation is 1. The van der Waals surface area contributed by atoms with E-state index in [1.165, 1.54) is 6.92 Å². The standard InChI is InChI=1S/C35H52N2O13/c1-6-31(41)37(24(2)38)13-11-30(40)36-12-15-46-17-19-47-18-16-45-14-7-8-25-9-10-26(23-48-34(44)35(3,4)5)28(20-25)49-32-22-27(39)21-29(50-32)33(42)43/h6,9-10,20,27,29,32,39H,1,7-8,11-19,21-23H2,2-5H3,(H,36,40)(H,42,43)/t27?,29-,32?/m0/s1. The maximum Gasteiger partial charge on any atom is 0.333 e. The number of aliphatic hydroxyl groups excluding tert-OH is 1. The van der Waals surface area contributed by atoms with Gasteiger partial charge in [-0.1, -0.05) is 18.7 Å². The number of hydrogen-bond donors (Lipinski definition) is 3. The van der Waals surface area contributed by atoms with Crippen LogP contribution in [-0.4, -0.2) is 116 Å². The molecule has 0 saturated carbocycles. The minimum absolute atomic E-state index is 0.0153. The van der Waals surface area contributed by atoms with E-state index in [0.717, 1.165) is 16.5 Å². The highest BCUT2D eigenvalue weighted by atomic mass is 16.7. The topological polar surface area (TPSA) is 196 Å². The normalized spacial score (nSPS) is 17.4. The lowest BCUT2D eigenvalue weighted by atomic mass is 9.97. The van der Waals surface area contributed by atoms with Gasteiger partial charge in [-0.25, -0.2) is 4.79 Å². The Hall–Kier alpha value is -3.89. The number of imide groups is 1. The summed E-state index contributed by atoms with van der Waals surface area (Å²) in [4.78, 5) is 59.8. The minimum atomic E-state index is -1.19. The molecule has 3 atom stereocenters. The Balaban J connectivity index is 1.67. The Morgan fingerprint density at radius 2 is 1.68 bits per heavy atom. The van der Waals surface area contributed by atoms with Crippen LogP contribution in [0.5, 0.6) is 5.75 Å². The van der Waals surface area contributed by atoms with Crippen LogP contribution in [0.1, 0.15) is 64.5 Å². The van der Waals surface area contributed by atoms with Crippen LogP contribution in [0.3, 0.4) is 0 Å². The lowest BCUT2D eigenvalue weighted by Gasteiger charge is -2.31. The number of carbonyl (C=O) groups excluding carboxylic acids is 4. The number of ether oxygens (including phenoxy) is 6. The van der Waals surface area contributed by atoms with Crippen molar-refractivity contribution in [3.05, 3.63) is 42.0 Å². The van der Waals surface area contributed by atoms with Crippen molar-refractivity contribution in [1.29, 1.82) is 0 Å². The molecule has 0 radical (unpaired) electrons. The summed E-state index contributed by atoms with van der Waals surface area (Å²) in [5, 5.41) is 22.2. The molecule has 0 aromatic heterocycles. The molecule has 15 nitrogen and oxygen atoms in total. The Bertz CT molecular complexity index is 1280. The van der Waals surface area contributed by atoms with Gasteiger partial charge in [-0.15, -0.1) is 0 Å². The molecule has 2 unspecified atom stereocenters. The van der Waals surface area contributed by atoms with Crippen molar-refractivity contribution in [3.63, 3.8) is 0 Å². The first-order valence-corrected chi connectivity index (χ1v) is 16.7. The molecule has 3 amide bonds. The number of benzene rings is 1. The molecule has 50 heavy (non-hydrogen) atoms. The molecule has 1 fully saturated rings. The summed E-state index contributed by atoms with van der Waals surface area (Å²) in [5.74, 6) is -2.49. The van der Waals surface area contributed by atoms with Crippen LogP contribution < -0.4 is 10.1 Å². The average molecular weight is 709 g/mol. The van der Waals surface area contributed by atoms with Gasteiger partial charge in [-0.05, 0) is 51.3 Å². The number of amides is 3. The first-order chi connectivity index (χ1) is 23.7. The fraction of sp³-hybridized carbons (Fsp3) is 0.629. The summed E-state index contributed by atoms with van der Waals surface area (Å²) in [5.41, 5.74) is 0.817. The molecule has 1 aromatic carbocycles. The molecular formula is C35H52N2O13. The number of hydrogen-bond acceptors (Lipinski definition) is 12. The first-order valence-electron chi connectivity index (χ1n) is 16.7. The number of esters is 1. The number of carboxylic acid groups (broad SMARTS) is 1. The van der Waals surface area contributed by atoms with Crippen LogP contribution >= 0.6 is 0 Å². The van der Waals surface area contributed by atoms with Gasteiger partial charge in [0, 0.05) is 51.4 Å². The molecule has 0 bridgehead atoms. The minimum Gasteiger partial charge on any atom is -0.479 e. The quantitative estimate of drug-likeness (QED) is 0.0901. The van der Waals surface area contributed by atoms with E-state index in [1.54, 1.807) is 32.9 Å². The third kappa shape index (κ3) is 16.2. The Morgan fingerprint density at radius 1 is 1.02 bits per heavy atom. The monoisotopic (exact) mass is 708 g/mol. The SMILES string of the molecule is C=CC(=O)N(CCC(=O)NCCOCCOCCOCCCc1ccc(COC(=O)C(C)(C)C)c(OC2CC(O)C[C@@H](C(=O)O)O2)c1)C(C)=O. The summed E-state index contributed by atoms with van der Waals surface area (Å²) >= 11 is 0. The molecule has 1 aliphatic rings. The van der Waals surface area contributed by atoms with Crippen molar-refractivity contribution in [1.82, 2.24) is 10.2 Å². The van der Waals surface area contributed by atoms with Crippen LogP contribution in [-0.2, 0) is 60.7 Å². The average Bonchev–Trinajstić information content (AvgIpc) is 3.05. The fourth-order valence-electron chi connectivity index (χ4n) is 4.60. The smallest absolute Gasteiger partial charge is 0.333 e. The van der Waals surface area contributed by atoms with Crippen LogP contribution in [0.25, 0.3) is 0 Å². The maximum atomic E-state index is 12.4. The van der Waals surface area contributed by atoms with Crippen molar-refractivity contribution in [2.75, 3.05) is 52.7 Å². The van der Waals surface area contributed by atoms with Gasteiger partial charge in [0.2, 0.25) is 18.1 Å². The van der Waals surface area contributed by atoms with Crippen LogP contribution in [0.15, 0.2) is 30.9 Å². The number of aliphatic hydroxyl groups is 1. The molecule has 1 aromatic rings. The van der Waals surface area contributed by atoms with E-state index in [4.69, 9.17) is 28.4 Å². The van der Waals surface area contributed by atoms with E-state index < -0.39 is 41.7 Å². The molecule has 15 heteroatoms. The van der Waals surface area contributed by atoms with Crippen molar-refractivity contribution in [2.24, 2.45) is 5.41 Å². The number of aliphatic carboxylic acids is 1. The predicted molar refractivity (Wildman–Crippen MR) is 179 cm³/mol. The van der Waals surface area contributed by atoms with Crippen LogP contribution in [0.2, 0.25) is 0 Å². The van der Waals surface area contributed by atoms with Crippen LogP contribution in [0, 0.1) is 5.41 Å². The molecule has 1 saturated heterocycles. The van der Waals surface area contributed by atoms with Gasteiger partial charge in [-0.2, -0.15) is 0 Å². The van der Waals surface area contributed by atoms with Gasteiger partial charge in [-0.3, -0.25) is 24.1 Å². The molecule has 3 N–H and O–H groups in total. The summed E-state index contributed by atoms with van der Waals surface area (Å²) in [6.45, 7) is 12.3. The maximum absolute atomic E-state index is 12.4. The second-order valence-electron chi connectivity index (χ2n) is 12.7. The van der Waals surface area contributed by atoms with Gasteiger partial charge in [0.1, 0.15) is 12.4 Å². The number of carboxylic acids is 1. The van der Waals surface area contributed by atoms with Gasteiger partial charge >= 0.3 is 11.9 Å². The second kappa shape index (κ2) is 22.0. The largest absolute Gasteiger partial charge is 0.479 e. The summed E-state index contributed by atoms with van der Waals surface area (Å²) < 4.78 is 33.6. The van der Waals surface area contributed by atoms with Crippen molar-refractivity contribution >= 4 is 29.7 Å². The van der Waals surface area contributed by atoms with Crippen molar-refractivity contribution < 1.29 is 62.6 Å². The Kier molecular flexibility index (Phi) is 18.6. The third-order valence-electron chi connectivity index (χ3n) is 7.35. The van der Waals surface area contributed by atoms with Gasteiger partial charge in [0.15, 0.2) is 6.10 Å². The van der Waals surface area contributed by atoms with Crippen molar-refractivity contribution in [2.45, 2.75) is 84.9 Å². The van der Waals surface area contributed by atoms with E-state index in [0.29, 0.717) is 57.2 Å². The zero-order chi connectivity index (χ0) is 37.1. The van der Waals surface area contributed by atoms with Crippen molar-refractivity contribution in [3.8, 4) is 5.75 Å². The first kappa shape index (κ1) is 42.3. The van der Waals surface area contributed by atoms with Gasteiger partial charge in [0.25, 0.3) is 5.91 Å². The second-order valence-corrected chi connectivity index (χ2v) is 12.7. The van der Waals surface area contributed by atoms with E-state index in [-0.39, 0.29) is 57.4 Å². The van der Waals surface area contributed by atoms with Gasteiger partial charge in [0.05, 0.1) is 44.6 Å². The molecule has 1 aliphatic heterocycles. The summed E-state index contributed by atoms with van der Waals surface area (Å²) in [7, 11) is 0. The van der Waals surface area contributed by atoms with Gasteiger partial charge < -0.3 is 44.0 Å². The number of nitrogens with zero attached hydrogens (tertiary/aromatic N) is 1. The lowest BCUT2D eigenvalue weighted by molar-refractivity contribution is -0.195. The molecular weight excluding hydrogens is 656 g/mol. The van der Waals surface area contributed by atoms with E-state index in [2.05, 4.69) is 11.9 Å². The highest BCUT2D eigenvalue weighted by Gasteiger charge is 2.34. The zero-order valence-electron chi connectivity index (χ0n) is 29.5. The molecule has 1 heterocycles. The molecule has 280 valence electrons. The Labute approximate surface area is 293 Å². The highest BCUT2D eigenvalue weighted by molar-refractivity contribution is 6.00. The van der Waals surface area contributed by atoms with E-state index >= 15 is 0 Å². The van der Waals surface area contributed by atoms with E-state index in [9.17, 15) is 34.2 Å². The predicted octanol–water partition coefficient (Wildman–Crippen LogP) is 2.16. The Morgan fingerprint density at radius 3 is 2.30 bits per heavy atom. The zero-order valence-corrected chi connectivity index (χ0v) is 29.5. The lowest BCUT2D eigenvalue weighted by Crippen LogP contribution is -2.42. The number of carbonyl (C=O) groups is 5. The molecule has 2 rings (SSSR count). The summed E-state index contributed by atoms with van der Waals surface area (Å²) in [6.07, 6.45) is -0.643. The molecule has 0 spiro atoms. The van der Waals surface area contributed by atoms with E-state index in [1.807, 2.05) is 6.07 Å². The molecule has 0 aliphatic carbocycles. The highest BCUT2D eigenvalue weighted by Crippen LogP contribution is 2.29. The third-order valence-corrected chi connectivity index (χ3v) is 7.35.